The maximum absolute atomic E-state index is 12.3. The van der Waals surface area contributed by atoms with Crippen molar-refractivity contribution in [2.75, 3.05) is 13.2 Å². The predicted molar refractivity (Wildman–Crippen MR) is 84.7 cm³/mol. The quantitative estimate of drug-likeness (QED) is 0.942. The Morgan fingerprint density at radius 3 is 3.14 bits per heavy atom. The van der Waals surface area contributed by atoms with E-state index >= 15 is 0 Å². The highest BCUT2D eigenvalue weighted by molar-refractivity contribution is 5.78. The van der Waals surface area contributed by atoms with Crippen molar-refractivity contribution in [1.82, 2.24) is 14.7 Å². The monoisotopic (exact) mass is 301 g/mol. The van der Waals surface area contributed by atoms with Crippen LogP contribution in [0.15, 0.2) is 30.6 Å². The number of hydrogen-bond acceptors (Lipinski definition) is 3. The van der Waals surface area contributed by atoms with E-state index in [9.17, 15) is 4.79 Å². The van der Waals surface area contributed by atoms with E-state index < -0.39 is 0 Å². The molecule has 1 fully saturated rings. The minimum absolute atomic E-state index is 0.0600. The van der Waals surface area contributed by atoms with E-state index in [0.29, 0.717) is 13.2 Å². The number of ether oxygens (including phenoxy) is 1. The lowest BCUT2D eigenvalue weighted by Crippen LogP contribution is -2.41. The molecule has 2 aromatic rings. The van der Waals surface area contributed by atoms with Crippen LogP contribution in [0, 0.1) is 5.92 Å². The van der Waals surface area contributed by atoms with E-state index in [1.165, 1.54) is 0 Å². The molecule has 3 heterocycles. The fourth-order valence-electron chi connectivity index (χ4n) is 3.02. The molecule has 3 rings (SSSR count). The summed E-state index contributed by atoms with van der Waals surface area (Å²) in [6.45, 7) is 5.38. The van der Waals surface area contributed by atoms with Gasteiger partial charge in [0.15, 0.2) is 0 Å². The van der Waals surface area contributed by atoms with Crippen molar-refractivity contribution in [3.05, 3.63) is 36.3 Å². The van der Waals surface area contributed by atoms with E-state index in [0.717, 1.165) is 30.6 Å². The van der Waals surface area contributed by atoms with E-state index in [2.05, 4.69) is 10.3 Å². The number of aromatic nitrogens is 2. The van der Waals surface area contributed by atoms with Gasteiger partial charge in [0.1, 0.15) is 5.65 Å². The number of pyridine rings is 1. The van der Waals surface area contributed by atoms with Crippen molar-refractivity contribution in [2.45, 2.75) is 38.7 Å². The summed E-state index contributed by atoms with van der Waals surface area (Å²) in [5, 5.41) is 3.04. The standard InChI is InChI=1S/C17H23N3O2/c1-17(2)11-13(7-10-22-17)16(21)18-8-6-14-12-20-9-4-3-5-15(20)19-14/h3-5,9,12-13H,6-8,10-11H2,1-2H3,(H,18,21)/t13-/m1/s1. The summed E-state index contributed by atoms with van der Waals surface area (Å²) in [4.78, 5) is 16.8. The smallest absolute Gasteiger partial charge is 0.223 e. The molecule has 22 heavy (non-hydrogen) atoms. The topological polar surface area (TPSA) is 55.6 Å². The molecule has 0 bridgehead atoms. The fraction of sp³-hybridized carbons (Fsp3) is 0.529. The van der Waals surface area contributed by atoms with Gasteiger partial charge in [0.25, 0.3) is 0 Å². The number of imidazole rings is 1. The lowest BCUT2D eigenvalue weighted by molar-refractivity contribution is -0.135. The van der Waals surface area contributed by atoms with Crippen LogP contribution in [0.5, 0.6) is 0 Å². The van der Waals surface area contributed by atoms with Gasteiger partial charge in [-0.05, 0) is 38.8 Å². The number of nitrogens with zero attached hydrogens (tertiary/aromatic N) is 2. The van der Waals surface area contributed by atoms with Crippen LogP contribution < -0.4 is 5.32 Å². The lowest BCUT2D eigenvalue weighted by atomic mass is 9.88. The number of carbonyl (C=O) groups excluding carboxylic acids is 1. The lowest BCUT2D eigenvalue weighted by Gasteiger charge is -2.34. The van der Waals surface area contributed by atoms with Gasteiger partial charge in [0.2, 0.25) is 5.91 Å². The third kappa shape index (κ3) is 3.47. The Labute approximate surface area is 130 Å². The second-order valence-corrected chi connectivity index (χ2v) is 6.54. The van der Waals surface area contributed by atoms with Gasteiger partial charge in [0, 0.05) is 37.9 Å². The van der Waals surface area contributed by atoms with Gasteiger partial charge in [-0.15, -0.1) is 0 Å². The molecular weight excluding hydrogens is 278 g/mol. The zero-order valence-corrected chi connectivity index (χ0v) is 13.2. The normalized spacial score (nSPS) is 20.9. The molecule has 1 N–H and O–H groups in total. The third-order valence-corrected chi connectivity index (χ3v) is 4.16. The van der Waals surface area contributed by atoms with Gasteiger partial charge >= 0.3 is 0 Å². The number of nitrogens with one attached hydrogen (secondary N) is 1. The molecule has 1 saturated heterocycles. The number of carbonyl (C=O) groups is 1. The molecule has 2 aromatic heterocycles. The fourth-order valence-corrected chi connectivity index (χ4v) is 3.02. The molecule has 0 radical (unpaired) electrons. The SMILES string of the molecule is CC1(C)C[C@H](C(=O)NCCc2cn3ccccc3n2)CCO1. The number of rotatable bonds is 4. The molecule has 0 spiro atoms. The maximum atomic E-state index is 12.3. The molecule has 1 aliphatic heterocycles. The van der Waals surface area contributed by atoms with Crippen molar-refractivity contribution in [3.63, 3.8) is 0 Å². The van der Waals surface area contributed by atoms with Gasteiger partial charge in [0.05, 0.1) is 11.3 Å². The van der Waals surface area contributed by atoms with Crippen molar-refractivity contribution < 1.29 is 9.53 Å². The molecule has 0 aromatic carbocycles. The predicted octanol–water partition coefficient (Wildman–Crippen LogP) is 2.20. The Bertz CT molecular complexity index is 630. The summed E-state index contributed by atoms with van der Waals surface area (Å²) in [6.07, 6.45) is 6.34. The number of fused-ring (bicyclic) bond motifs is 1. The van der Waals surface area contributed by atoms with Gasteiger partial charge in [-0.2, -0.15) is 0 Å². The average molecular weight is 301 g/mol. The minimum atomic E-state index is -0.193. The molecule has 0 saturated carbocycles. The first-order valence-electron chi connectivity index (χ1n) is 7.88. The van der Waals surface area contributed by atoms with E-state index in [1.54, 1.807) is 0 Å². The van der Waals surface area contributed by atoms with Crippen LogP contribution >= 0.6 is 0 Å². The van der Waals surface area contributed by atoms with Crippen LogP contribution in [-0.2, 0) is 16.0 Å². The molecule has 1 atom stereocenters. The Balaban J connectivity index is 1.51. The molecule has 1 aliphatic rings. The Kier molecular flexibility index (Phi) is 4.16. The van der Waals surface area contributed by atoms with Gasteiger partial charge in [-0.25, -0.2) is 4.98 Å². The summed E-state index contributed by atoms with van der Waals surface area (Å²) < 4.78 is 7.66. The van der Waals surface area contributed by atoms with Gasteiger partial charge in [-0.1, -0.05) is 6.07 Å². The van der Waals surface area contributed by atoms with Crippen LogP contribution in [0.2, 0.25) is 0 Å². The van der Waals surface area contributed by atoms with Gasteiger partial charge in [-0.3, -0.25) is 4.79 Å². The van der Waals surface area contributed by atoms with Crippen molar-refractivity contribution >= 4 is 11.6 Å². The number of amides is 1. The molecule has 1 amide bonds. The van der Waals surface area contributed by atoms with Crippen LogP contribution in [0.4, 0.5) is 0 Å². The van der Waals surface area contributed by atoms with E-state index in [4.69, 9.17) is 4.74 Å². The Morgan fingerprint density at radius 1 is 1.50 bits per heavy atom. The second-order valence-electron chi connectivity index (χ2n) is 6.54. The van der Waals surface area contributed by atoms with E-state index in [-0.39, 0.29) is 17.4 Å². The Morgan fingerprint density at radius 2 is 2.36 bits per heavy atom. The molecule has 0 aliphatic carbocycles. The summed E-state index contributed by atoms with van der Waals surface area (Å²) >= 11 is 0. The maximum Gasteiger partial charge on any atom is 0.223 e. The molecule has 0 unspecified atom stereocenters. The van der Waals surface area contributed by atoms with Crippen LogP contribution in [-0.4, -0.2) is 34.0 Å². The summed E-state index contributed by atoms with van der Waals surface area (Å²) in [5.41, 5.74) is 1.75. The summed E-state index contributed by atoms with van der Waals surface area (Å²) in [7, 11) is 0. The first-order valence-corrected chi connectivity index (χ1v) is 7.88. The first kappa shape index (κ1) is 15.0. The second kappa shape index (κ2) is 6.08. The molecule has 5 nitrogen and oxygen atoms in total. The first-order chi connectivity index (χ1) is 10.5. The minimum Gasteiger partial charge on any atom is -0.376 e. The van der Waals surface area contributed by atoms with Gasteiger partial charge < -0.3 is 14.5 Å². The third-order valence-electron chi connectivity index (χ3n) is 4.16. The zero-order valence-electron chi connectivity index (χ0n) is 13.2. The molecule has 118 valence electrons. The highest BCUT2D eigenvalue weighted by Crippen LogP contribution is 2.28. The van der Waals surface area contributed by atoms with Crippen molar-refractivity contribution in [3.8, 4) is 0 Å². The summed E-state index contributed by atoms with van der Waals surface area (Å²) in [5.74, 6) is 0.199. The van der Waals surface area contributed by atoms with Crippen LogP contribution in [0.25, 0.3) is 5.65 Å². The van der Waals surface area contributed by atoms with Crippen LogP contribution in [0.3, 0.4) is 0 Å². The van der Waals surface area contributed by atoms with Crippen molar-refractivity contribution in [2.24, 2.45) is 5.92 Å². The molecule has 5 heteroatoms. The summed E-state index contributed by atoms with van der Waals surface area (Å²) in [6, 6.07) is 5.93. The van der Waals surface area contributed by atoms with Crippen LogP contribution in [0.1, 0.15) is 32.4 Å². The molecular formula is C17H23N3O2. The Hall–Kier alpha value is -1.88. The highest BCUT2D eigenvalue weighted by atomic mass is 16.5. The highest BCUT2D eigenvalue weighted by Gasteiger charge is 2.32. The number of hydrogen-bond donors (Lipinski definition) is 1. The van der Waals surface area contributed by atoms with E-state index in [1.807, 2.05) is 48.8 Å². The average Bonchev–Trinajstić information content (AvgIpc) is 2.88. The van der Waals surface area contributed by atoms with Crippen molar-refractivity contribution in [1.29, 1.82) is 0 Å². The largest absolute Gasteiger partial charge is 0.376 e. The zero-order chi connectivity index (χ0) is 15.6.